The lowest BCUT2D eigenvalue weighted by Gasteiger charge is -2.25. The number of methoxy groups -OCH3 is 1. The van der Waals surface area contributed by atoms with Crippen molar-refractivity contribution in [3.63, 3.8) is 0 Å². The minimum atomic E-state index is -0.827. The Bertz CT molecular complexity index is 974. The molecule has 4 rings (SSSR count). The lowest BCUT2D eigenvalue weighted by molar-refractivity contribution is -0.925. The van der Waals surface area contributed by atoms with Crippen LogP contribution in [0.3, 0.4) is 0 Å². The van der Waals surface area contributed by atoms with Crippen LogP contribution in [0.2, 0.25) is 0 Å². The number of nitrogens with zero attached hydrogens (tertiary/aromatic N) is 2. The van der Waals surface area contributed by atoms with Gasteiger partial charge >= 0.3 is 17.8 Å². The maximum Gasteiger partial charge on any atom is 0.343 e. The van der Waals surface area contributed by atoms with E-state index in [9.17, 15) is 14.4 Å². The van der Waals surface area contributed by atoms with Gasteiger partial charge in [0.1, 0.15) is 17.5 Å². The molecular formula is C23H26N3O5+. The van der Waals surface area contributed by atoms with Crippen molar-refractivity contribution in [3.8, 4) is 11.5 Å². The van der Waals surface area contributed by atoms with E-state index in [1.165, 1.54) is 7.11 Å². The van der Waals surface area contributed by atoms with E-state index >= 15 is 0 Å². The molecule has 8 nitrogen and oxygen atoms in total. The molecule has 2 heterocycles. The predicted octanol–water partition coefficient (Wildman–Crippen LogP) is 1.77. The summed E-state index contributed by atoms with van der Waals surface area (Å²) in [5.41, 5.74) is 1.49. The van der Waals surface area contributed by atoms with Gasteiger partial charge in [-0.25, -0.2) is 14.6 Å². The molecule has 2 aliphatic heterocycles. The molecule has 162 valence electrons. The largest absolute Gasteiger partial charge is 0.497 e. The normalized spacial score (nSPS) is 21.2. The van der Waals surface area contributed by atoms with Crippen LogP contribution in [0.4, 0.5) is 10.5 Å². The van der Waals surface area contributed by atoms with E-state index < -0.39 is 17.8 Å². The second-order valence-corrected chi connectivity index (χ2v) is 7.62. The fourth-order valence-corrected chi connectivity index (χ4v) is 4.27. The zero-order valence-electron chi connectivity index (χ0n) is 17.7. The third-order valence-corrected chi connectivity index (χ3v) is 5.82. The SMILES string of the molecule is CCOc1ccc([C@H]2CCC[NH+]2CN2C(=O)C(=O)N(c3ccc(OC)cc3)C2=O)cc1. The summed E-state index contributed by atoms with van der Waals surface area (Å²) in [4.78, 5) is 41.3. The van der Waals surface area contributed by atoms with Crippen molar-refractivity contribution in [3.05, 3.63) is 54.1 Å². The van der Waals surface area contributed by atoms with E-state index in [2.05, 4.69) is 0 Å². The molecular weight excluding hydrogens is 398 g/mol. The second-order valence-electron chi connectivity index (χ2n) is 7.62. The molecule has 0 saturated carbocycles. The Morgan fingerprint density at radius 2 is 1.65 bits per heavy atom. The number of urea groups is 1. The Morgan fingerprint density at radius 1 is 0.968 bits per heavy atom. The van der Waals surface area contributed by atoms with E-state index in [0.717, 1.165) is 45.4 Å². The number of rotatable bonds is 7. The van der Waals surface area contributed by atoms with Crippen LogP contribution in [0.15, 0.2) is 48.5 Å². The first-order valence-corrected chi connectivity index (χ1v) is 10.4. The smallest absolute Gasteiger partial charge is 0.343 e. The highest BCUT2D eigenvalue weighted by Crippen LogP contribution is 2.25. The van der Waals surface area contributed by atoms with E-state index in [1.54, 1.807) is 24.3 Å². The maximum atomic E-state index is 13.0. The van der Waals surface area contributed by atoms with Gasteiger partial charge in [-0.3, -0.25) is 9.59 Å². The van der Waals surface area contributed by atoms with Gasteiger partial charge in [0.2, 0.25) is 0 Å². The number of quaternary nitrogens is 1. The summed E-state index contributed by atoms with van der Waals surface area (Å²) in [6, 6.07) is 14.0. The van der Waals surface area contributed by atoms with Crippen molar-refractivity contribution in [1.82, 2.24) is 4.90 Å². The summed E-state index contributed by atoms with van der Waals surface area (Å²) in [5, 5.41) is 0. The highest BCUT2D eigenvalue weighted by atomic mass is 16.5. The highest BCUT2D eigenvalue weighted by molar-refractivity contribution is 6.52. The summed E-state index contributed by atoms with van der Waals surface area (Å²) < 4.78 is 10.6. The number of nitrogens with one attached hydrogen (secondary N) is 1. The average molecular weight is 424 g/mol. The van der Waals surface area contributed by atoms with E-state index in [1.807, 2.05) is 31.2 Å². The molecule has 0 radical (unpaired) electrons. The van der Waals surface area contributed by atoms with Gasteiger partial charge in [0.15, 0.2) is 6.67 Å². The molecule has 2 fully saturated rings. The van der Waals surface area contributed by atoms with Gasteiger partial charge in [-0.15, -0.1) is 0 Å². The molecule has 0 spiro atoms. The van der Waals surface area contributed by atoms with Crippen molar-refractivity contribution in [2.45, 2.75) is 25.8 Å². The number of hydrogen-bond acceptors (Lipinski definition) is 5. The van der Waals surface area contributed by atoms with Crippen molar-refractivity contribution in [2.24, 2.45) is 0 Å². The molecule has 0 aliphatic carbocycles. The first-order chi connectivity index (χ1) is 15.0. The van der Waals surface area contributed by atoms with E-state index in [-0.39, 0.29) is 12.7 Å². The summed E-state index contributed by atoms with van der Waals surface area (Å²) in [6.07, 6.45) is 1.94. The van der Waals surface area contributed by atoms with Crippen LogP contribution in [0.1, 0.15) is 31.4 Å². The topological polar surface area (TPSA) is 80.6 Å². The molecule has 4 amide bonds. The van der Waals surface area contributed by atoms with Crippen LogP contribution in [-0.2, 0) is 9.59 Å². The summed E-state index contributed by atoms with van der Waals surface area (Å²) in [6.45, 7) is 3.54. The molecule has 2 saturated heterocycles. The van der Waals surface area contributed by atoms with Gasteiger partial charge < -0.3 is 14.4 Å². The van der Waals surface area contributed by atoms with Crippen LogP contribution in [0.25, 0.3) is 0 Å². The zero-order chi connectivity index (χ0) is 22.0. The lowest BCUT2D eigenvalue weighted by Crippen LogP contribution is -3.12. The number of hydrogen-bond donors (Lipinski definition) is 1. The number of imide groups is 2. The van der Waals surface area contributed by atoms with Crippen LogP contribution in [-0.4, -0.2) is 49.7 Å². The third-order valence-electron chi connectivity index (χ3n) is 5.82. The van der Waals surface area contributed by atoms with E-state index in [0.29, 0.717) is 18.0 Å². The first-order valence-electron chi connectivity index (χ1n) is 10.4. The van der Waals surface area contributed by atoms with Crippen molar-refractivity contribution < 1.29 is 28.8 Å². The molecule has 1 unspecified atom stereocenters. The van der Waals surface area contributed by atoms with Crippen LogP contribution < -0.4 is 19.3 Å². The number of carbonyl (C=O) groups excluding carboxylic acids is 3. The minimum absolute atomic E-state index is 0.154. The molecule has 1 N–H and O–H groups in total. The molecule has 2 aliphatic rings. The van der Waals surface area contributed by atoms with Crippen LogP contribution in [0, 0.1) is 0 Å². The van der Waals surface area contributed by atoms with Gasteiger partial charge in [-0.2, -0.15) is 0 Å². The molecule has 31 heavy (non-hydrogen) atoms. The molecule has 0 aromatic heterocycles. The summed E-state index contributed by atoms with van der Waals surface area (Å²) in [5.74, 6) is -0.195. The van der Waals surface area contributed by atoms with Crippen molar-refractivity contribution in [1.29, 1.82) is 0 Å². The van der Waals surface area contributed by atoms with Crippen molar-refractivity contribution in [2.75, 3.05) is 31.8 Å². The van der Waals surface area contributed by atoms with Gasteiger partial charge in [-0.05, 0) is 55.5 Å². The first kappa shape index (κ1) is 20.9. The molecule has 2 aromatic carbocycles. The number of amides is 4. The number of anilines is 1. The predicted molar refractivity (Wildman–Crippen MR) is 113 cm³/mol. The Labute approximate surface area is 180 Å². The number of ether oxygens (including phenoxy) is 2. The molecule has 0 bridgehead atoms. The van der Waals surface area contributed by atoms with Gasteiger partial charge in [0.25, 0.3) is 0 Å². The van der Waals surface area contributed by atoms with Crippen LogP contribution >= 0.6 is 0 Å². The Balaban J connectivity index is 1.50. The Hall–Kier alpha value is -3.39. The van der Waals surface area contributed by atoms with Gasteiger partial charge in [0.05, 0.1) is 25.9 Å². The Morgan fingerprint density at radius 3 is 2.29 bits per heavy atom. The monoisotopic (exact) mass is 424 g/mol. The minimum Gasteiger partial charge on any atom is -0.497 e. The lowest BCUT2D eigenvalue weighted by atomic mass is 10.0. The quantitative estimate of drug-likeness (QED) is 0.541. The Kier molecular flexibility index (Phi) is 5.90. The fraction of sp³-hybridized carbons (Fsp3) is 0.348. The third kappa shape index (κ3) is 3.98. The summed E-state index contributed by atoms with van der Waals surface area (Å²) >= 11 is 0. The summed E-state index contributed by atoms with van der Waals surface area (Å²) in [7, 11) is 1.53. The second kappa shape index (κ2) is 8.77. The van der Waals surface area contributed by atoms with Gasteiger partial charge in [0, 0.05) is 18.4 Å². The molecule has 8 heteroatoms. The van der Waals surface area contributed by atoms with Gasteiger partial charge in [-0.1, -0.05) is 0 Å². The zero-order valence-corrected chi connectivity index (χ0v) is 17.7. The standard InChI is InChI=1S/C23H25N3O5/c1-3-31-19-10-6-16(7-11-19)20-5-4-14-24(20)15-25-21(27)22(28)26(23(25)29)17-8-12-18(30-2)13-9-17/h6-13,20H,3-5,14-15H2,1-2H3/p+1/t20-/m1/s1. The average Bonchev–Trinajstić information content (AvgIpc) is 3.33. The number of benzene rings is 2. The number of carbonyl (C=O) groups is 3. The van der Waals surface area contributed by atoms with Crippen molar-refractivity contribution >= 4 is 23.5 Å². The number of likely N-dealkylation sites (tertiary alicyclic amines) is 1. The maximum absolute atomic E-state index is 13.0. The van der Waals surface area contributed by atoms with E-state index in [4.69, 9.17) is 9.47 Å². The fourth-order valence-electron chi connectivity index (χ4n) is 4.27. The molecule has 2 aromatic rings. The van der Waals surface area contributed by atoms with Crippen LogP contribution in [0.5, 0.6) is 11.5 Å². The highest BCUT2D eigenvalue weighted by Gasteiger charge is 2.48. The molecule has 2 atom stereocenters.